The first kappa shape index (κ1) is 12.5. The van der Waals surface area contributed by atoms with Gasteiger partial charge in [-0.25, -0.2) is 4.98 Å². The quantitative estimate of drug-likeness (QED) is 0.589. The van der Waals surface area contributed by atoms with Gasteiger partial charge < -0.3 is 4.57 Å². The predicted octanol–water partition coefficient (Wildman–Crippen LogP) is 1.77. The van der Waals surface area contributed by atoms with Crippen LogP contribution in [-0.4, -0.2) is 18.3 Å². The summed E-state index contributed by atoms with van der Waals surface area (Å²) in [5.74, 6) is 2.52. The third-order valence-corrected chi connectivity index (χ3v) is 3.51. The van der Waals surface area contributed by atoms with Gasteiger partial charge in [0, 0.05) is 6.42 Å². The number of nitrogens with zero attached hydrogens (tertiary/aromatic N) is 2. The molecule has 4 heteroatoms. The van der Waals surface area contributed by atoms with Crippen molar-refractivity contribution in [1.29, 1.82) is 5.26 Å². The lowest BCUT2D eigenvalue weighted by Gasteiger charge is -2.08. The van der Waals surface area contributed by atoms with Gasteiger partial charge >= 0.3 is 0 Å². The minimum absolute atomic E-state index is 0.330. The molecular formula is C12H13N2OP. The highest BCUT2D eigenvalue weighted by Crippen LogP contribution is 2.33. The molecule has 0 saturated carbocycles. The van der Waals surface area contributed by atoms with Gasteiger partial charge in [-0.05, 0) is 31.4 Å². The Kier molecular flexibility index (Phi) is 3.88. The molecule has 1 aromatic heterocycles. The molecule has 0 aromatic carbocycles. The van der Waals surface area contributed by atoms with Crippen molar-refractivity contribution < 1.29 is 4.57 Å². The van der Waals surface area contributed by atoms with Gasteiger partial charge in [0.2, 0.25) is 0 Å². The lowest BCUT2D eigenvalue weighted by molar-refractivity contribution is 0.587. The Bertz CT molecular complexity index is 517. The summed E-state index contributed by atoms with van der Waals surface area (Å²) < 4.78 is 11.8. The fourth-order valence-corrected chi connectivity index (χ4v) is 2.06. The fraction of sp³-hybridized carbons (Fsp3) is 0.333. The van der Waals surface area contributed by atoms with Gasteiger partial charge in [-0.3, -0.25) is 0 Å². The van der Waals surface area contributed by atoms with E-state index in [-0.39, 0.29) is 0 Å². The third-order valence-electron chi connectivity index (χ3n) is 2.16. The monoisotopic (exact) mass is 232 g/mol. The average molecular weight is 232 g/mol. The van der Waals surface area contributed by atoms with Crippen molar-refractivity contribution in [3.8, 4) is 18.4 Å². The minimum atomic E-state index is -2.41. The number of terminal acetylenes is 1. The highest BCUT2D eigenvalue weighted by molar-refractivity contribution is 7.69. The van der Waals surface area contributed by atoms with Crippen molar-refractivity contribution in [3.63, 3.8) is 0 Å². The molecule has 0 aliphatic carbocycles. The maximum absolute atomic E-state index is 11.8. The molecule has 16 heavy (non-hydrogen) atoms. The van der Waals surface area contributed by atoms with E-state index in [9.17, 15) is 4.57 Å². The number of hydrogen-bond acceptors (Lipinski definition) is 3. The minimum Gasteiger partial charge on any atom is -0.318 e. The number of nitriles is 1. The fourth-order valence-electron chi connectivity index (χ4n) is 1.28. The first-order chi connectivity index (χ1) is 7.49. The highest BCUT2D eigenvalue weighted by Gasteiger charge is 2.15. The number of aryl methyl sites for hydroxylation is 1. The van der Waals surface area contributed by atoms with E-state index in [0.717, 1.165) is 5.56 Å². The van der Waals surface area contributed by atoms with Gasteiger partial charge in [-0.2, -0.15) is 5.26 Å². The standard InChI is InChI=1S/C12H13N2OP/c1-4-5-6-10-7-8-12(16(2,3)15)14-11(10)9-13/h1,7-8H,5-6H2,2-3H3. The Labute approximate surface area is 95.9 Å². The van der Waals surface area contributed by atoms with E-state index < -0.39 is 7.14 Å². The summed E-state index contributed by atoms with van der Waals surface area (Å²) in [6.45, 7) is 3.27. The molecular weight excluding hydrogens is 219 g/mol. The largest absolute Gasteiger partial charge is 0.318 e. The molecule has 0 radical (unpaired) electrons. The van der Waals surface area contributed by atoms with Crippen molar-refractivity contribution in [3.05, 3.63) is 23.4 Å². The second-order valence-electron chi connectivity index (χ2n) is 3.84. The van der Waals surface area contributed by atoms with Gasteiger partial charge in [0.05, 0.1) is 0 Å². The number of pyridine rings is 1. The van der Waals surface area contributed by atoms with E-state index in [2.05, 4.69) is 10.9 Å². The van der Waals surface area contributed by atoms with Gasteiger partial charge in [0.1, 0.15) is 24.3 Å². The van der Waals surface area contributed by atoms with Crippen LogP contribution in [0, 0.1) is 23.7 Å². The lowest BCUT2D eigenvalue weighted by atomic mass is 10.1. The Balaban J connectivity index is 3.14. The maximum Gasteiger partial charge on any atom is 0.144 e. The van der Waals surface area contributed by atoms with E-state index in [4.69, 9.17) is 11.7 Å². The SMILES string of the molecule is C#CCCc1ccc(P(C)(C)=O)nc1C#N. The molecule has 0 amide bonds. The molecule has 1 rings (SSSR count). The molecule has 0 spiro atoms. The van der Waals surface area contributed by atoms with Crippen LogP contribution >= 0.6 is 7.14 Å². The summed E-state index contributed by atoms with van der Waals surface area (Å²) in [5.41, 5.74) is 1.64. The first-order valence-corrected chi connectivity index (χ1v) is 7.48. The van der Waals surface area contributed by atoms with Crippen LogP contribution in [0.4, 0.5) is 0 Å². The lowest BCUT2D eigenvalue weighted by Crippen LogP contribution is -2.11. The Hall–Kier alpha value is -1.57. The number of aromatic nitrogens is 1. The van der Waals surface area contributed by atoms with Crippen LogP contribution in [-0.2, 0) is 11.0 Å². The van der Waals surface area contributed by atoms with Gasteiger partial charge in [-0.1, -0.05) is 6.07 Å². The molecule has 0 N–H and O–H groups in total. The summed E-state index contributed by atoms with van der Waals surface area (Å²) in [6.07, 6.45) is 6.37. The third kappa shape index (κ3) is 2.96. The second kappa shape index (κ2) is 4.97. The molecule has 0 bridgehead atoms. The van der Waals surface area contributed by atoms with Crippen LogP contribution in [0.3, 0.4) is 0 Å². The van der Waals surface area contributed by atoms with Gasteiger partial charge in [-0.15, -0.1) is 12.3 Å². The summed E-state index contributed by atoms with van der Waals surface area (Å²) in [5, 5.41) is 8.95. The van der Waals surface area contributed by atoms with Crippen molar-refractivity contribution >= 4 is 12.6 Å². The molecule has 1 heterocycles. The molecule has 0 aliphatic heterocycles. The zero-order valence-electron chi connectivity index (χ0n) is 9.40. The predicted molar refractivity (Wildman–Crippen MR) is 65.2 cm³/mol. The van der Waals surface area contributed by atoms with Gasteiger partial charge in [0.15, 0.2) is 0 Å². The second-order valence-corrected chi connectivity index (χ2v) is 7.00. The smallest absolute Gasteiger partial charge is 0.144 e. The summed E-state index contributed by atoms with van der Waals surface area (Å²) in [7, 11) is -2.41. The summed E-state index contributed by atoms with van der Waals surface area (Å²) >= 11 is 0. The zero-order valence-corrected chi connectivity index (χ0v) is 10.3. The molecule has 82 valence electrons. The molecule has 0 aliphatic rings. The van der Waals surface area contributed by atoms with Gasteiger partial charge in [0.25, 0.3) is 0 Å². The normalized spacial score (nSPS) is 10.5. The van der Waals surface area contributed by atoms with Crippen LogP contribution in [0.5, 0.6) is 0 Å². The summed E-state index contributed by atoms with van der Waals surface area (Å²) in [6, 6.07) is 5.52. The van der Waals surface area contributed by atoms with Crippen LogP contribution in [0.25, 0.3) is 0 Å². The van der Waals surface area contributed by atoms with E-state index in [0.29, 0.717) is 24.0 Å². The molecule has 1 aromatic rings. The average Bonchev–Trinajstić information content (AvgIpc) is 2.24. The molecule has 0 unspecified atom stereocenters. The first-order valence-electron chi connectivity index (χ1n) is 4.88. The number of hydrogen-bond donors (Lipinski definition) is 0. The van der Waals surface area contributed by atoms with Crippen LogP contribution in [0.2, 0.25) is 0 Å². The Morgan fingerprint density at radius 1 is 1.50 bits per heavy atom. The molecule has 3 nitrogen and oxygen atoms in total. The van der Waals surface area contributed by atoms with E-state index in [1.165, 1.54) is 0 Å². The zero-order chi connectivity index (χ0) is 12.2. The number of rotatable bonds is 3. The molecule has 0 fully saturated rings. The van der Waals surface area contributed by atoms with Crippen molar-refractivity contribution in [2.75, 3.05) is 13.3 Å². The van der Waals surface area contributed by atoms with E-state index in [1.54, 1.807) is 25.5 Å². The topological polar surface area (TPSA) is 53.8 Å². The Morgan fingerprint density at radius 3 is 2.69 bits per heavy atom. The maximum atomic E-state index is 11.8. The van der Waals surface area contributed by atoms with Crippen molar-refractivity contribution in [2.45, 2.75) is 12.8 Å². The van der Waals surface area contributed by atoms with Crippen molar-refractivity contribution in [2.24, 2.45) is 0 Å². The van der Waals surface area contributed by atoms with Crippen LogP contribution in [0.1, 0.15) is 17.7 Å². The molecule has 0 atom stereocenters. The van der Waals surface area contributed by atoms with Crippen LogP contribution in [0.15, 0.2) is 12.1 Å². The van der Waals surface area contributed by atoms with E-state index in [1.807, 2.05) is 6.07 Å². The van der Waals surface area contributed by atoms with Crippen LogP contribution < -0.4 is 5.44 Å². The highest BCUT2D eigenvalue weighted by atomic mass is 31.2. The van der Waals surface area contributed by atoms with E-state index >= 15 is 0 Å². The summed E-state index contributed by atoms with van der Waals surface area (Å²) in [4.78, 5) is 4.12. The van der Waals surface area contributed by atoms with Crippen molar-refractivity contribution in [1.82, 2.24) is 4.98 Å². The molecule has 0 saturated heterocycles. The Morgan fingerprint density at radius 2 is 2.19 bits per heavy atom.